The Balaban J connectivity index is 1.99. The first-order valence-electron chi connectivity index (χ1n) is 6.53. The molecule has 0 aliphatic carbocycles. The van der Waals surface area contributed by atoms with Crippen LogP contribution in [0.3, 0.4) is 0 Å². The van der Waals surface area contributed by atoms with Gasteiger partial charge in [0, 0.05) is 11.8 Å². The highest BCUT2D eigenvalue weighted by Gasteiger charge is 2.13. The third kappa shape index (κ3) is 3.60. The number of hydrogen-bond donors (Lipinski definition) is 1. The van der Waals surface area contributed by atoms with Gasteiger partial charge in [0.15, 0.2) is 11.5 Å². The van der Waals surface area contributed by atoms with Crippen molar-refractivity contribution in [3.05, 3.63) is 46.8 Å². The second kappa shape index (κ2) is 6.23. The molecule has 0 radical (unpaired) electrons. The van der Waals surface area contributed by atoms with Gasteiger partial charge in [0.1, 0.15) is 0 Å². The predicted molar refractivity (Wildman–Crippen MR) is 75.7 cm³/mol. The molecule has 0 amide bonds. The van der Waals surface area contributed by atoms with Crippen LogP contribution in [0.1, 0.15) is 34.3 Å². The number of aryl methyl sites for hydroxylation is 2. The van der Waals surface area contributed by atoms with Crippen molar-refractivity contribution in [1.82, 2.24) is 5.16 Å². The number of aromatic nitrogens is 1. The van der Waals surface area contributed by atoms with Crippen LogP contribution in [0.2, 0.25) is 0 Å². The minimum atomic E-state index is -0.464. The summed E-state index contributed by atoms with van der Waals surface area (Å²) in [5.41, 5.74) is 3.59. The van der Waals surface area contributed by atoms with E-state index in [9.17, 15) is 4.79 Å². The number of anilines is 1. The minimum absolute atomic E-state index is 0.198. The molecular weight excluding hydrogens is 256 g/mol. The zero-order valence-corrected chi connectivity index (χ0v) is 11.9. The summed E-state index contributed by atoms with van der Waals surface area (Å²) in [6.07, 6.45) is 0. The van der Waals surface area contributed by atoms with E-state index < -0.39 is 5.97 Å². The largest absolute Gasteiger partial charge is 0.461 e. The van der Waals surface area contributed by atoms with Gasteiger partial charge in [-0.25, -0.2) is 4.79 Å². The molecule has 5 nitrogen and oxygen atoms in total. The maximum absolute atomic E-state index is 11.5. The molecule has 20 heavy (non-hydrogen) atoms. The lowest BCUT2D eigenvalue weighted by Crippen LogP contribution is -2.04. The lowest BCUT2D eigenvalue weighted by molar-refractivity contribution is 0.0514. The molecule has 0 aliphatic rings. The zero-order valence-electron chi connectivity index (χ0n) is 11.9. The smallest absolute Gasteiger partial charge is 0.360 e. The summed E-state index contributed by atoms with van der Waals surface area (Å²) in [6, 6.07) is 7.80. The van der Waals surface area contributed by atoms with Crippen LogP contribution >= 0.6 is 0 Å². The van der Waals surface area contributed by atoms with Gasteiger partial charge < -0.3 is 14.6 Å². The third-order valence-electron chi connectivity index (χ3n) is 2.73. The lowest BCUT2D eigenvalue weighted by Gasteiger charge is -2.06. The summed E-state index contributed by atoms with van der Waals surface area (Å²) in [5.74, 6) is 0.126. The van der Waals surface area contributed by atoms with Crippen molar-refractivity contribution in [1.29, 1.82) is 0 Å². The van der Waals surface area contributed by atoms with E-state index in [0.717, 1.165) is 5.69 Å². The van der Waals surface area contributed by atoms with E-state index in [1.54, 1.807) is 13.0 Å². The van der Waals surface area contributed by atoms with Gasteiger partial charge in [0.05, 0.1) is 13.2 Å². The molecule has 1 aromatic heterocycles. The number of benzene rings is 1. The van der Waals surface area contributed by atoms with E-state index in [2.05, 4.69) is 28.7 Å². The summed E-state index contributed by atoms with van der Waals surface area (Å²) in [5, 5.41) is 6.93. The standard InChI is InChI=1S/C15H18N2O3/c1-4-19-15(18)14-8-13(20-17-14)9-16-12-6-10(2)5-11(3)7-12/h5-8,16H,4,9H2,1-3H3. The van der Waals surface area contributed by atoms with Crippen molar-refractivity contribution in [3.8, 4) is 0 Å². The van der Waals surface area contributed by atoms with Crippen LogP contribution in [-0.4, -0.2) is 17.7 Å². The molecule has 2 rings (SSSR count). The fraction of sp³-hybridized carbons (Fsp3) is 0.333. The van der Waals surface area contributed by atoms with Gasteiger partial charge in [0.25, 0.3) is 0 Å². The number of rotatable bonds is 5. The monoisotopic (exact) mass is 274 g/mol. The van der Waals surface area contributed by atoms with E-state index in [-0.39, 0.29) is 5.69 Å². The van der Waals surface area contributed by atoms with E-state index in [4.69, 9.17) is 9.26 Å². The first kappa shape index (κ1) is 14.1. The number of hydrogen-bond acceptors (Lipinski definition) is 5. The number of esters is 1. The Morgan fingerprint density at radius 1 is 1.25 bits per heavy atom. The first-order valence-corrected chi connectivity index (χ1v) is 6.53. The number of carbonyl (C=O) groups excluding carboxylic acids is 1. The van der Waals surface area contributed by atoms with Crippen molar-refractivity contribution in [2.75, 3.05) is 11.9 Å². The molecule has 1 heterocycles. The fourth-order valence-corrected chi connectivity index (χ4v) is 1.96. The van der Waals surface area contributed by atoms with Crippen LogP contribution in [0, 0.1) is 13.8 Å². The molecule has 0 atom stereocenters. The summed E-state index contributed by atoms with van der Waals surface area (Å²) in [7, 11) is 0. The highest BCUT2D eigenvalue weighted by molar-refractivity contribution is 5.87. The minimum Gasteiger partial charge on any atom is -0.461 e. The molecule has 0 saturated carbocycles. The molecular formula is C15H18N2O3. The molecule has 0 aliphatic heterocycles. The summed E-state index contributed by atoms with van der Waals surface area (Å²) in [4.78, 5) is 11.5. The average molecular weight is 274 g/mol. The Morgan fingerprint density at radius 3 is 2.60 bits per heavy atom. The zero-order chi connectivity index (χ0) is 14.5. The van der Waals surface area contributed by atoms with Crippen LogP contribution in [0.4, 0.5) is 5.69 Å². The Bertz CT molecular complexity index is 585. The molecule has 0 bridgehead atoms. The highest BCUT2D eigenvalue weighted by atomic mass is 16.5. The lowest BCUT2D eigenvalue weighted by atomic mass is 10.1. The van der Waals surface area contributed by atoms with Gasteiger partial charge in [0.2, 0.25) is 0 Å². The van der Waals surface area contributed by atoms with Gasteiger partial charge in [-0.3, -0.25) is 0 Å². The van der Waals surface area contributed by atoms with Crippen LogP contribution in [0.25, 0.3) is 0 Å². The van der Waals surface area contributed by atoms with Gasteiger partial charge in [-0.1, -0.05) is 11.2 Å². The molecule has 5 heteroatoms. The van der Waals surface area contributed by atoms with E-state index in [1.807, 2.05) is 13.8 Å². The second-order valence-electron chi connectivity index (χ2n) is 4.63. The topological polar surface area (TPSA) is 64.4 Å². The van der Waals surface area contributed by atoms with Crippen LogP contribution in [0.5, 0.6) is 0 Å². The first-order chi connectivity index (χ1) is 9.58. The Kier molecular flexibility index (Phi) is 4.40. The summed E-state index contributed by atoms with van der Waals surface area (Å²) in [6.45, 7) is 6.63. The predicted octanol–water partition coefficient (Wildman–Crippen LogP) is 3.08. The quantitative estimate of drug-likeness (QED) is 0.849. The highest BCUT2D eigenvalue weighted by Crippen LogP contribution is 2.15. The van der Waals surface area contributed by atoms with Gasteiger partial charge in [-0.05, 0) is 44.0 Å². The van der Waals surface area contributed by atoms with Crippen LogP contribution < -0.4 is 5.32 Å². The Hall–Kier alpha value is -2.30. The Labute approximate surface area is 117 Å². The fourth-order valence-electron chi connectivity index (χ4n) is 1.96. The van der Waals surface area contributed by atoms with Crippen molar-refractivity contribution in [3.63, 3.8) is 0 Å². The third-order valence-corrected chi connectivity index (χ3v) is 2.73. The molecule has 1 aromatic carbocycles. The summed E-state index contributed by atoms with van der Waals surface area (Å²) < 4.78 is 9.95. The number of nitrogens with one attached hydrogen (secondary N) is 1. The normalized spacial score (nSPS) is 10.3. The molecule has 2 aromatic rings. The van der Waals surface area contributed by atoms with Gasteiger partial charge in [-0.2, -0.15) is 0 Å². The second-order valence-corrected chi connectivity index (χ2v) is 4.63. The summed E-state index contributed by atoms with van der Waals surface area (Å²) >= 11 is 0. The van der Waals surface area contributed by atoms with E-state index >= 15 is 0 Å². The molecule has 0 saturated heterocycles. The van der Waals surface area contributed by atoms with Crippen LogP contribution in [-0.2, 0) is 11.3 Å². The van der Waals surface area contributed by atoms with Crippen LogP contribution in [0.15, 0.2) is 28.8 Å². The molecule has 0 unspecified atom stereocenters. The van der Waals surface area contributed by atoms with E-state index in [1.165, 1.54) is 11.1 Å². The van der Waals surface area contributed by atoms with Crippen molar-refractivity contribution < 1.29 is 14.1 Å². The molecule has 0 spiro atoms. The number of ether oxygens (including phenoxy) is 1. The molecule has 0 fully saturated rings. The van der Waals surface area contributed by atoms with Crippen molar-refractivity contribution >= 4 is 11.7 Å². The molecule has 1 N–H and O–H groups in total. The van der Waals surface area contributed by atoms with E-state index in [0.29, 0.717) is 18.9 Å². The van der Waals surface area contributed by atoms with Gasteiger partial charge in [-0.15, -0.1) is 0 Å². The molecule has 106 valence electrons. The van der Waals surface area contributed by atoms with Crippen molar-refractivity contribution in [2.45, 2.75) is 27.3 Å². The number of nitrogens with zero attached hydrogens (tertiary/aromatic N) is 1. The maximum Gasteiger partial charge on any atom is 0.360 e. The number of carbonyl (C=O) groups is 1. The van der Waals surface area contributed by atoms with Crippen molar-refractivity contribution in [2.24, 2.45) is 0 Å². The Morgan fingerprint density at radius 2 is 1.95 bits per heavy atom. The SMILES string of the molecule is CCOC(=O)c1cc(CNc2cc(C)cc(C)c2)on1. The van der Waals surface area contributed by atoms with Gasteiger partial charge >= 0.3 is 5.97 Å². The maximum atomic E-state index is 11.5. The average Bonchev–Trinajstić information content (AvgIpc) is 2.84.